The van der Waals surface area contributed by atoms with Crippen LogP contribution in [-0.2, 0) is 0 Å². The van der Waals surface area contributed by atoms with Crippen molar-refractivity contribution in [3.8, 4) is 0 Å². The number of amides is 1. The summed E-state index contributed by atoms with van der Waals surface area (Å²) in [4.78, 5) is 29.7. The lowest BCUT2D eigenvalue weighted by molar-refractivity contribution is 0.0619. The third kappa shape index (κ3) is 6.17. The van der Waals surface area contributed by atoms with E-state index in [1.165, 1.54) is 38.5 Å². The van der Waals surface area contributed by atoms with Crippen LogP contribution >= 0.6 is 0 Å². The van der Waals surface area contributed by atoms with Gasteiger partial charge in [0.15, 0.2) is 0 Å². The maximum atomic E-state index is 13.1. The first-order chi connectivity index (χ1) is 17.7. The molecule has 194 valence electrons. The number of piperidine rings is 1. The van der Waals surface area contributed by atoms with Crippen LogP contribution in [0.25, 0.3) is 0 Å². The van der Waals surface area contributed by atoms with Gasteiger partial charge in [0, 0.05) is 56.6 Å². The van der Waals surface area contributed by atoms with Gasteiger partial charge in [0.2, 0.25) is 5.95 Å². The Morgan fingerprint density at radius 3 is 2.42 bits per heavy atom. The SMILES string of the molecule is Cc1ccccc1C(=O)N1CCC(N2CCCCC(Nc3nccc(N4CCCCCC4)n3)C2)CC1. The van der Waals surface area contributed by atoms with Crippen molar-refractivity contribution in [1.82, 2.24) is 19.8 Å². The summed E-state index contributed by atoms with van der Waals surface area (Å²) in [6.07, 6.45) is 12.8. The van der Waals surface area contributed by atoms with Crippen LogP contribution in [0, 0.1) is 6.92 Å². The molecule has 3 aliphatic rings. The van der Waals surface area contributed by atoms with Crippen LogP contribution < -0.4 is 10.2 Å². The second-order valence-electron chi connectivity index (χ2n) is 10.8. The summed E-state index contributed by atoms with van der Waals surface area (Å²) in [7, 11) is 0. The first-order valence-electron chi connectivity index (χ1n) is 14.1. The van der Waals surface area contributed by atoms with E-state index >= 15 is 0 Å². The molecule has 36 heavy (non-hydrogen) atoms. The van der Waals surface area contributed by atoms with Gasteiger partial charge in [-0.1, -0.05) is 37.5 Å². The molecule has 7 heteroatoms. The largest absolute Gasteiger partial charge is 0.356 e. The normalized spacial score (nSPS) is 22.6. The number of nitrogens with one attached hydrogen (secondary N) is 1. The highest BCUT2D eigenvalue weighted by Gasteiger charge is 2.30. The lowest BCUT2D eigenvalue weighted by atomic mass is 10.0. The molecule has 0 aliphatic carbocycles. The molecular weight excluding hydrogens is 448 g/mol. The Morgan fingerprint density at radius 2 is 1.64 bits per heavy atom. The molecule has 5 rings (SSSR count). The van der Waals surface area contributed by atoms with Crippen LogP contribution in [0.5, 0.6) is 0 Å². The first kappa shape index (κ1) is 25.0. The predicted octanol–water partition coefficient (Wildman–Crippen LogP) is 4.74. The lowest BCUT2D eigenvalue weighted by Gasteiger charge is -2.39. The van der Waals surface area contributed by atoms with E-state index in [9.17, 15) is 4.79 Å². The van der Waals surface area contributed by atoms with Gasteiger partial charge in [0.25, 0.3) is 5.91 Å². The highest BCUT2D eigenvalue weighted by Crippen LogP contribution is 2.24. The average Bonchev–Trinajstić information content (AvgIpc) is 3.33. The molecule has 1 atom stereocenters. The quantitative estimate of drug-likeness (QED) is 0.653. The van der Waals surface area contributed by atoms with E-state index in [0.717, 1.165) is 81.4 Å². The maximum absolute atomic E-state index is 13.1. The van der Waals surface area contributed by atoms with E-state index < -0.39 is 0 Å². The van der Waals surface area contributed by atoms with Crippen molar-refractivity contribution in [2.45, 2.75) is 76.8 Å². The van der Waals surface area contributed by atoms with Crippen molar-refractivity contribution < 1.29 is 4.79 Å². The monoisotopic (exact) mass is 490 g/mol. The third-order valence-electron chi connectivity index (χ3n) is 8.25. The number of aromatic nitrogens is 2. The second-order valence-corrected chi connectivity index (χ2v) is 10.8. The number of carbonyl (C=O) groups is 1. The first-order valence-corrected chi connectivity index (χ1v) is 14.1. The van der Waals surface area contributed by atoms with Gasteiger partial charge < -0.3 is 15.1 Å². The number of benzene rings is 1. The molecule has 7 nitrogen and oxygen atoms in total. The fraction of sp³-hybridized carbons (Fsp3) is 0.621. The molecule has 0 bridgehead atoms. The van der Waals surface area contributed by atoms with Crippen LogP contribution in [0.2, 0.25) is 0 Å². The Labute approximate surface area is 216 Å². The molecule has 1 aromatic carbocycles. The van der Waals surface area contributed by atoms with Crippen LogP contribution in [0.1, 0.15) is 73.7 Å². The van der Waals surface area contributed by atoms with Crippen molar-refractivity contribution in [1.29, 1.82) is 0 Å². The fourth-order valence-electron chi connectivity index (χ4n) is 6.12. The number of aryl methyl sites for hydroxylation is 1. The smallest absolute Gasteiger partial charge is 0.254 e. The minimum atomic E-state index is 0.184. The zero-order valence-electron chi connectivity index (χ0n) is 21.9. The molecule has 3 fully saturated rings. The van der Waals surface area contributed by atoms with Gasteiger partial charge in [-0.25, -0.2) is 4.98 Å². The van der Waals surface area contributed by atoms with Gasteiger partial charge in [-0.05, 0) is 69.7 Å². The van der Waals surface area contributed by atoms with Gasteiger partial charge in [-0.2, -0.15) is 4.98 Å². The second kappa shape index (κ2) is 12.0. The molecule has 0 spiro atoms. The number of hydrogen-bond acceptors (Lipinski definition) is 6. The third-order valence-corrected chi connectivity index (χ3v) is 8.25. The van der Waals surface area contributed by atoms with Crippen LogP contribution in [0.15, 0.2) is 36.5 Å². The Morgan fingerprint density at radius 1 is 0.889 bits per heavy atom. The lowest BCUT2D eigenvalue weighted by Crippen LogP contribution is -2.49. The zero-order chi connectivity index (χ0) is 24.7. The van der Waals surface area contributed by atoms with Crippen molar-refractivity contribution >= 4 is 17.7 Å². The van der Waals surface area contributed by atoms with Crippen LogP contribution in [0.3, 0.4) is 0 Å². The number of carbonyl (C=O) groups excluding carboxylic acids is 1. The van der Waals surface area contributed by atoms with Crippen molar-refractivity contribution in [2.75, 3.05) is 49.5 Å². The Kier molecular flexibility index (Phi) is 8.36. The number of rotatable bonds is 5. The molecule has 1 unspecified atom stereocenters. The summed E-state index contributed by atoms with van der Waals surface area (Å²) in [6.45, 7) is 8.06. The Hall–Kier alpha value is -2.67. The molecule has 0 saturated carbocycles. The summed E-state index contributed by atoms with van der Waals surface area (Å²) < 4.78 is 0. The number of hydrogen-bond donors (Lipinski definition) is 1. The zero-order valence-corrected chi connectivity index (χ0v) is 21.9. The molecular formula is C29H42N6O. The minimum absolute atomic E-state index is 0.184. The van der Waals surface area contributed by atoms with Gasteiger partial charge in [-0.3, -0.25) is 9.69 Å². The minimum Gasteiger partial charge on any atom is -0.356 e. The topological polar surface area (TPSA) is 64.6 Å². The molecule has 1 N–H and O–H groups in total. The molecule has 0 radical (unpaired) electrons. The molecule has 3 saturated heterocycles. The van der Waals surface area contributed by atoms with Crippen LogP contribution in [0.4, 0.5) is 11.8 Å². The summed E-state index contributed by atoms with van der Waals surface area (Å²) in [5.41, 5.74) is 1.91. The highest BCUT2D eigenvalue weighted by molar-refractivity contribution is 5.95. The highest BCUT2D eigenvalue weighted by atomic mass is 16.2. The van der Waals surface area contributed by atoms with Gasteiger partial charge in [0.1, 0.15) is 5.82 Å². The maximum Gasteiger partial charge on any atom is 0.254 e. The average molecular weight is 491 g/mol. The summed E-state index contributed by atoms with van der Waals surface area (Å²) >= 11 is 0. The molecule has 3 aliphatic heterocycles. The Balaban J connectivity index is 1.17. The number of likely N-dealkylation sites (tertiary alicyclic amines) is 2. The van der Waals surface area contributed by atoms with Gasteiger partial charge >= 0.3 is 0 Å². The number of nitrogens with zero attached hydrogens (tertiary/aromatic N) is 5. The molecule has 1 amide bonds. The molecule has 1 aromatic heterocycles. The van der Waals surface area contributed by atoms with E-state index in [4.69, 9.17) is 4.98 Å². The predicted molar refractivity (Wildman–Crippen MR) is 146 cm³/mol. The van der Waals surface area contributed by atoms with E-state index in [1.807, 2.05) is 37.4 Å². The van der Waals surface area contributed by atoms with Gasteiger partial charge in [-0.15, -0.1) is 0 Å². The van der Waals surface area contributed by atoms with Gasteiger partial charge in [0.05, 0.1) is 0 Å². The Bertz CT molecular complexity index is 997. The fourth-order valence-corrected chi connectivity index (χ4v) is 6.12. The molecule has 2 aromatic rings. The van der Waals surface area contributed by atoms with Crippen LogP contribution in [-0.4, -0.2) is 77.0 Å². The summed E-state index contributed by atoms with van der Waals surface area (Å²) in [6, 6.07) is 10.9. The van der Waals surface area contributed by atoms with Crippen molar-refractivity contribution in [3.63, 3.8) is 0 Å². The summed E-state index contributed by atoms with van der Waals surface area (Å²) in [5.74, 6) is 2.01. The van der Waals surface area contributed by atoms with E-state index in [1.54, 1.807) is 0 Å². The standard InChI is InChI=1S/C29H42N6O/c1-23-10-4-5-12-26(23)28(36)34-20-14-25(15-21-34)35-19-9-6-11-24(22-35)31-29-30-16-13-27(32-29)33-17-7-2-3-8-18-33/h4-5,10,12-13,16,24-25H,2-3,6-9,11,14-15,17-22H2,1H3,(H,30,31,32). The van der Waals surface area contributed by atoms with E-state index in [2.05, 4.69) is 31.1 Å². The van der Waals surface area contributed by atoms with Crippen molar-refractivity contribution in [3.05, 3.63) is 47.7 Å². The van der Waals surface area contributed by atoms with E-state index in [0.29, 0.717) is 12.1 Å². The van der Waals surface area contributed by atoms with Crippen molar-refractivity contribution in [2.24, 2.45) is 0 Å². The van der Waals surface area contributed by atoms with E-state index in [-0.39, 0.29) is 5.91 Å². The molecule has 4 heterocycles. The number of anilines is 2. The summed E-state index contributed by atoms with van der Waals surface area (Å²) in [5, 5.41) is 3.68.